The van der Waals surface area contributed by atoms with Crippen LogP contribution in [0.25, 0.3) is 0 Å². The number of carbonyl (C=O) groups is 1. The Morgan fingerprint density at radius 2 is 2.17 bits per heavy atom. The van der Waals surface area contributed by atoms with Crippen molar-refractivity contribution in [3.63, 3.8) is 0 Å². The van der Waals surface area contributed by atoms with Crippen LogP contribution in [0.2, 0.25) is 0 Å². The van der Waals surface area contributed by atoms with Gasteiger partial charge in [0.05, 0.1) is 17.5 Å². The Morgan fingerprint density at radius 1 is 1.44 bits per heavy atom. The fourth-order valence-corrected chi connectivity index (χ4v) is 2.37. The smallest absolute Gasteiger partial charge is 0.333 e. The van der Waals surface area contributed by atoms with Crippen molar-refractivity contribution in [1.82, 2.24) is 4.98 Å². The number of anilines is 1. The van der Waals surface area contributed by atoms with Gasteiger partial charge in [0.25, 0.3) is 0 Å². The first-order chi connectivity index (χ1) is 8.70. The highest BCUT2D eigenvalue weighted by Crippen LogP contribution is 2.24. The molecule has 0 radical (unpaired) electrons. The molecule has 18 heavy (non-hydrogen) atoms. The monoisotopic (exact) mass is 326 g/mol. The lowest BCUT2D eigenvalue weighted by molar-refractivity contribution is -0.141. The summed E-state index contributed by atoms with van der Waals surface area (Å²) in [6.07, 6.45) is 1.66. The molecule has 0 bridgehead atoms. The molecule has 4 nitrogen and oxygen atoms in total. The number of benzene rings is 1. The van der Waals surface area contributed by atoms with Gasteiger partial charge in [-0.3, -0.25) is 4.98 Å². The number of aromatic nitrogens is 1. The van der Waals surface area contributed by atoms with E-state index in [9.17, 15) is 4.79 Å². The third-order valence-electron chi connectivity index (χ3n) is 2.33. The Balaban J connectivity index is 2.20. The molecule has 0 aliphatic carbocycles. The molecule has 1 atom stereocenters. The number of ether oxygens (including phenoxy) is 1. The lowest BCUT2D eigenvalue weighted by Crippen LogP contribution is -2.21. The fraction of sp³-hybridized carbons (Fsp3) is 0.167. The molecular formula is C12H11BrN2O2S. The molecule has 2 rings (SSSR count). The zero-order valence-electron chi connectivity index (χ0n) is 9.59. The van der Waals surface area contributed by atoms with E-state index in [4.69, 9.17) is 4.74 Å². The van der Waals surface area contributed by atoms with Crippen LogP contribution in [0.4, 0.5) is 5.69 Å². The summed E-state index contributed by atoms with van der Waals surface area (Å²) in [6.45, 7) is 0. The molecule has 0 spiro atoms. The van der Waals surface area contributed by atoms with E-state index in [1.165, 1.54) is 18.4 Å². The van der Waals surface area contributed by atoms with Gasteiger partial charge in [0.1, 0.15) is 0 Å². The summed E-state index contributed by atoms with van der Waals surface area (Å²) in [5, 5.41) is 3.13. The molecule has 0 saturated heterocycles. The molecule has 1 heterocycles. The van der Waals surface area contributed by atoms with Crippen molar-refractivity contribution in [2.45, 2.75) is 6.04 Å². The normalized spacial score (nSPS) is 11.9. The number of nitrogens with one attached hydrogen (secondary N) is 1. The third-order valence-corrected chi connectivity index (χ3v) is 3.70. The van der Waals surface area contributed by atoms with Crippen LogP contribution in [0.1, 0.15) is 10.9 Å². The van der Waals surface area contributed by atoms with Crippen LogP contribution in [0, 0.1) is 0 Å². The van der Waals surface area contributed by atoms with E-state index in [0.717, 1.165) is 15.0 Å². The second kappa shape index (κ2) is 5.97. The SMILES string of the molecule is COC(=O)C(Nc1ccc(Br)cc1)c1cncs1. The maximum atomic E-state index is 11.8. The molecule has 0 fully saturated rings. The predicted molar refractivity (Wildman–Crippen MR) is 74.6 cm³/mol. The second-order valence-electron chi connectivity index (χ2n) is 3.51. The van der Waals surface area contributed by atoms with Crippen molar-refractivity contribution < 1.29 is 9.53 Å². The number of halogens is 1. The van der Waals surface area contributed by atoms with Crippen LogP contribution < -0.4 is 5.32 Å². The standard InChI is InChI=1S/C12H11BrN2O2S/c1-17-12(16)11(10-6-14-7-18-10)15-9-4-2-8(13)3-5-9/h2-7,11,15H,1H3. The van der Waals surface area contributed by atoms with E-state index in [-0.39, 0.29) is 5.97 Å². The quantitative estimate of drug-likeness (QED) is 0.876. The molecular weight excluding hydrogens is 316 g/mol. The maximum absolute atomic E-state index is 11.8. The van der Waals surface area contributed by atoms with Gasteiger partial charge in [0.15, 0.2) is 6.04 Å². The molecule has 1 aromatic heterocycles. The van der Waals surface area contributed by atoms with Crippen molar-refractivity contribution in [3.05, 3.63) is 45.3 Å². The van der Waals surface area contributed by atoms with Crippen molar-refractivity contribution in [1.29, 1.82) is 0 Å². The summed E-state index contributed by atoms with van der Waals surface area (Å²) in [7, 11) is 1.37. The van der Waals surface area contributed by atoms with Crippen LogP contribution in [0.15, 0.2) is 40.4 Å². The first-order valence-electron chi connectivity index (χ1n) is 5.19. The number of rotatable bonds is 4. The highest BCUT2D eigenvalue weighted by Gasteiger charge is 2.22. The van der Waals surface area contributed by atoms with Gasteiger partial charge in [0.2, 0.25) is 0 Å². The van der Waals surface area contributed by atoms with E-state index in [2.05, 4.69) is 26.2 Å². The van der Waals surface area contributed by atoms with Gasteiger partial charge in [-0.05, 0) is 24.3 Å². The summed E-state index contributed by atoms with van der Waals surface area (Å²) < 4.78 is 5.79. The van der Waals surface area contributed by atoms with Gasteiger partial charge in [-0.1, -0.05) is 15.9 Å². The second-order valence-corrected chi connectivity index (χ2v) is 5.34. The summed E-state index contributed by atoms with van der Waals surface area (Å²) >= 11 is 4.78. The van der Waals surface area contributed by atoms with Crippen LogP contribution in [0.5, 0.6) is 0 Å². The highest BCUT2D eigenvalue weighted by atomic mass is 79.9. The largest absolute Gasteiger partial charge is 0.467 e. The van der Waals surface area contributed by atoms with Crippen molar-refractivity contribution in [2.75, 3.05) is 12.4 Å². The predicted octanol–water partition coefficient (Wildman–Crippen LogP) is 3.23. The van der Waals surface area contributed by atoms with E-state index in [1.54, 1.807) is 11.7 Å². The van der Waals surface area contributed by atoms with Crippen LogP contribution >= 0.6 is 27.3 Å². The van der Waals surface area contributed by atoms with Gasteiger partial charge < -0.3 is 10.1 Å². The van der Waals surface area contributed by atoms with Gasteiger partial charge in [0, 0.05) is 16.4 Å². The zero-order valence-corrected chi connectivity index (χ0v) is 12.0. The number of methoxy groups -OCH3 is 1. The average Bonchev–Trinajstić information content (AvgIpc) is 2.91. The number of nitrogens with zero attached hydrogens (tertiary/aromatic N) is 1. The summed E-state index contributed by atoms with van der Waals surface area (Å²) in [5.41, 5.74) is 2.54. The van der Waals surface area contributed by atoms with Crippen molar-refractivity contribution in [3.8, 4) is 0 Å². The molecule has 6 heteroatoms. The Morgan fingerprint density at radius 3 is 2.72 bits per heavy atom. The topological polar surface area (TPSA) is 51.2 Å². The molecule has 0 saturated carbocycles. The Labute approximate surface area is 117 Å². The zero-order chi connectivity index (χ0) is 13.0. The number of carbonyl (C=O) groups excluding carboxylic acids is 1. The van der Waals surface area contributed by atoms with Crippen LogP contribution in [0.3, 0.4) is 0 Å². The van der Waals surface area contributed by atoms with Gasteiger partial charge >= 0.3 is 5.97 Å². The Kier molecular flexibility index (Phi) is 4.33. The van der Waals surface area contributed by atoms with Crippen LogP contribution in [-0.2, 0) is 9.53 Å². The van der Waals surface area contributed by atoms with E-state index >= 15 is 0 Å². The van der Waals surface area contributed by atoms with E-state index in [0.29, 0.717) is 0 Å². The molecule has 94 valence electrons. The lowest BCUT2D eigenvalue weighted by Gasteiger charge is -2.15. The van der Waals surface area contributed by atoms with Gasteiger partial charge in [-0.25, -0.2) is 4.79 Å². The van der Waals surface area contributed by atoms with Crippen molar-refractivity contribution in [2.24, 2.45) is 0 Å². The third kappa shape index (κ3) is 3.08. The lowest BCUT2D eigenvalue weighted by atomic mass is 10.2. The number of hydrogen-bond donors (Lipinski definition) is 1. The fourth-order valence-electron chi connectivity index (χ4n) is 1.45. The molecule has 0 amide bonds. The van der Waals surface area contributed by atoms with Gasteiger partial charge in [-0.15, -0.1) is 11.3 Å². The summed E-state index contributed by atoms with van der Waals surface area (Å²) in [5.74, 6) is -0.331. The average molecular weight is 327 g/mol. The van der Waals surface area contributed by atoms with E-state index in [1.807, 2.05) is 24.3 Å². The first kappa shape index (κ1) is 13.0. The summed E-state index contributed by atoms with van der Waals surface area (Å²) in [6, 6.07) is 7.07. The van der Waals surface area contributed by atoms with Gasteiger partial charge in [-0.2, -0.15) is 0 Å². The Bertz CT molecular complexity index is 513. The van der Waals surface area contributed by atoms with Crippen LogP contribution in [-0.4, -0.2) is 18.1 Å². The molecule has 2 aromatic rings. The number of thiazole rings is 1. The molecule has 1 aromatic carbocycles. The minimum absolute atomic E-state index is 0.331. The molecule has 0 aliphatic heterocycles. The summed E-state index contributed by atoms with van der Waals surface area (Å²) in [4.78, 5) is 16.6. The first-order valence-corrected chi connectivity index (χ1v) is 6.86. The number of hydrogen-bond acceptors (Lipinski definition) is 5. The number of esters is 1. The Hall–Kier alpha value is -1.40. The minimum Gasteiger partial charge on any atom is -0.467 e. The minimum atomic E-state index is -0.524. The molecule has 0 aliphatic rings. The molecule has 1 N–H and O–H groups in total. The van der Waals surface area contributed by atoms with E-state index < -0.39 is 6.04 Å². The highest BCUT2D eigenvalue weighted by molar-refractivity contribution is 9.10. The molecule has 1 unspecified atom stereocenters. The maximum Gasteiger partial charge on any atom is 0.333 e. The van der Waals surface area contributed by atoms with Crippen molar-refractivity contribution >= 4 is 38.9 Å².